The molecule has 0 aliphatic carbocycles. The van der Waals surface area contributed by atoms with Crippen molar-refractivity contribution in [3.63, 3.8) is 0 Å². The number of phenols is 2. The average molecular weight is 280 g/mol. The van der Waals surface area contributed by atoms with Crippen LogP contribution >= 0.6 is 11.6 Å². The van der Waals surface area contributed by atoms with Crippen molar-refractivity contribution >= 4 is 17.3 Å². The maximum absolute atomic E-state index is 9.67. The van der Waals surface area contributed by atoms with Gasteiger partial charge in [0, 0.05) is 29.9 Å². The quantitative estimate of drug-likeness (QED) is 0.803. The second-order valence-corrected chi connectivity index (χ2v) is 4.42. The van der Waals surface area contributed by atoms with Crippen LogP contribution in [0.15, 0.2) is 36.4 Å². The lowest BCUT2D eigenvalue weighted by Gasteiger charge is -2.10. The van der Waals surface area contributed by atoms with Gasteiger partial charge in [0.2, 0.25) is 0 Å². The van der Waals surface area contributed by atoms with Gasteiger partial charge < -0.3 is 20.3 Å². The summed E-state index contributed by atoms with van der Waals surface area (Å²) in [7, 11) is 1.55. The van der Waals surface area contributed by atoms with Crippen LogP contribution in [-0.4, -0.2) is 17.3 Å². The molecule has 0 radical (unpaired) electrons. The Bertz CT molecular complexity index is 587. The van der Waals surface area contributed by atoms with Gasteiger partial charge in [0.1, 0.15) is 17.2 Å². The molecule has 100 valence electrons. The summed E-state index contributed by atoms with van der Waals surface area (Å²) in [6.07, 6.45) is 0. The summed E-state index contributed by atoms with van der Waals surface area (Å²) in [5, 5.41) is 22.6. The highest BCUT2D eigenvalue weighted by molar-refractivity contribution is 6.32. The Balaban J connectivity index is 2.10. The molecule has 0 heterocycles. The Morgan fingerprint density at radius 2 is 1.95 bits per heavy atom. The Kier molecular flexibility index (Phi) is 4.02. The van der Waals surface area contributed by atoms with E-state index in [4.69, 9.17) is 16.3 Å². The lowest BCUT2D eigenvalue weighted by molar-refractivity contribution is 0.415. The SMILES string of the molecule is COc1cc(NCc2ccc(O)cc2O)ccc1Cl. The smallest absolute Gasteiger partial charge is 0.139 e. The third-order valence-corrected chi connectivity index (χ3v) is 3.02. The number of methoxy groups -OCH3 is 1. The van der Waals surface area contributed by atoms with E-state index in [1.807, 2.05) is 6.07 Å². The van der Waals surface area contributed by atoms with Crippen molar-refractivity contribution in [2.24, 2.45) is 0 Å². The molecule has 0 amide bonds. The summed E-state index contributed by atoms with van der Waals surface area (Å²) in [6, 6.07) is 9.82. The molecule has 0 saturated carbocycles. The molecular formula is C14H14ClNO3. The molecule has 0 spiro atoms. The number of aromatic hydroxyl groups is 2. The van der Waals surface area contributed by atoms with Gasteiger partial charge in [0.25, 0.3) is 0 Å². The molecule has 0 fully saturated rings. The van der Waals surface area contributed by atoms with Crippen LogP contribution in [0.1, 0.15) is 5.56 Å². The first kappa shape index (κ1) is 13.4. The minimum Gasteiger partial charge on any atom is -0.508 e. The van der Waals surface area contributed by atoms with Gasteiger partial charge in [-0.2, -0.15) is 0 Å². The Morgan fingerprint density at radius 1 is 1.16 bits per heavy atom. The minimum absolute atomic E-state index is 0.0365. The lowest BCUT2D eigenvalue weighted by Crippen LogP contribution is -2.00. The molecule has 5 heteroatoms. The van der Waals surface area contributed by atoms with Crippen LogP contribution in [0.4, 0.5) is 5.69 Å². The Labute approximate surface area is 116 Å². The van der Waals surface area contributed by atoms with E-state index in [1.54, 1.807) is 25.3 Å². The number of hydrogen-bond acceptors (Lipinski definition) is 4. The number of anilines is 1. The van der Waals surface area contributed by atoms with Crippen molar-refractivity contribution in [3.05, 3.63) is 47.0 Å². The highest BCUT2D eigenvalue weighted by Gasteiger charge is 2.04. The van der Waals surface area contributed by atoms with Crippen molar-refractivity contribution in [3.8, 4) is 17.2 Å². The zero-order valence-corrected chi connectivity index (χ0v) is 11.1. The van der Waals surface area contributed by atoms with E-state index >= 15 is 0 Å². The summed E-state index contributed by atoms with van der Waals surface area (Å²) in [5.74, 6) is 0.671. The average Bonchev–Trinajstić information content (AvgIpc) is 2.39. The monoisotopic (exact) mass is 279 g/mol. The number of phenolic OH excluding ortho intramolecular Hbond substituents is 2. The summed E-state index contributed by atoms with van der Waals surface area (Å²) in [6.45, 7) is 0.427. The molecule has 0 aliphatic rings. The van der Waals surface area contributed by atoms with Crippen LogP contribution in [0.25, 0.3) is 0 Å². The van der Waals surface area contributed by atoms with Crippen molar-refractivity contribution in [2.75, 3.05) is 12.4 Å². The van der Waals surface area contributed by atoms with Crippen molar-refractivity contribution < 1.29 is 14.9 Å². The molecule has 0 aliphatic heterocycles. The fourth-order valence-electron chi connectivity index (χ4n) is 1.67. The number of hydrogen-bond donors (Lipinski definition) is 3. The van der Waals surface area contributed by atoms with E-state index in [0.29, 0.717) is 22.9 Å². The van der Waals surface area contributed by atoms with Gasteiger partial charge in [-0.1, -0.05) is 11.6 Å². The largest absolute Gasteiger partial charge is 0.508 e. The third-order valence-electron chi connectivity index (χ3n) is 2.70. The number of rotatable bonds is 4. The molecule has 2 aromatic rings. The van der Waals surface area contributed by atoms with Crippen molar-refractivity contribution in [2.45, 2.75) is 6.54 Å². The van der Waals surface area contributed by atoms with E-state index in [9.17, 15) is 10.2 Å². The number of benzene rings is 2. The van der Waals surface area contributed by atoms with Crippen molar-refractivity contribution in [1.29, 1.82) is 0 Å². The molecular weight excluding hydrogens is 266 g/mol. The summed E-state index contributed by atoms with van der Waals surface area (Å²) in [5.41, 5.74) is 1.51. The topological polar surface area (TPSA) is 61.7 Å². The first-order chi connectivity index (χ1) is 9.10. The van der Waals surface area contributed by atoms with Gasteiger partial charge in [0.05, 0.1) is 12.1 Å². The molecule has 2 aromatic carbocycles. The highest BCUT2D eigenvalue weighted by atomic mass is 35.5. The summed E-state index contributed by atoms with van der Waals surface area (Å²) >= 11 is 5.94. The lowest BCUT2D eigenvalue weighted by atomic mass is 10.2. The molecule has 0 unspecified atom stereocenters. The molecule has 0 aromatic heterocycles. The summed E-state index contributed by atoms with van der Waals surface area (Å²) < 4.78 is 5.12. The van der Waals surface area contributed by atoms with Gasteiger partial charge in [0.15, 0.2) is 0 Å². The minimum atomic E-state index is 0.0365. The van der Waals surface area contributed by atoms with Crippen LogP contribution in [0.3, 0.4) is 0 Å². The van der Waals surface area contributed by atoms with Gasteiger partial charge >= 0.3 is 0 Å². The second-order valence-electron chi connectivity index (χ2n) is 4.02. The molecule has 3 N–H and O–H groups in total. The number of ether oxygens (including phenoxy) is 1. The molecule has 2 rings (SSSR count). The molecule has 4 nitrogen and oxygen atoms in total. The number of nitrogens with one attached hydrogen (secondary N) is 1. The van der Waals surface area contributed by atoms with E-state index in [0.717, 1.165) is 5.69 Å². The fraction of sp³-hybridized carbons (Fsp3) is 0.143. The van der Waals surface area contributed by atoms with E-state index in [-0.39, 0.29) is 11.5 Å². The first-order valence-corrected chi connectivity index (χ1v) is 6.06. The Morgan fingerprint density at radius 3 is 2.63 bits per heavy atom. The Hall–Kier alpha value is -2.07. The normalized spacial score (nSPS) is 10.2. The van der Waals surface area contributed by atoms with E-state index in [2.05, 4.69) is 5.32 Å². The predicted octanol–water partition coefficient (Wildman–Crippen LogP) is 3.37. The second kappa shape index (κ2) is 5.71. The van der Waals surface area contributed by atoms with Crippen LogP contribution in [0.5, 0.6) is 17.2 Å². The summed E-state index contributed by atoms with van der Waals surface area (Å²) in [4.78, 5) is 0. The molecule has 0 saturated heterocycles. The van der Waals surface area contributed by atoms with Gasteiger partial charge in [-0.25, -0.2) is 0 Å². The van der Waals surface area contributed by atoms with Crippen molar-refractivity contribution in [1.82, 2.24) is 0 Å². The predicted molar refractivity (Wildman–Crippen MR) is 75.1 cm³/mol. The third kappa shape index (κ3) is 3.23. The van der Waals surface area contributed by atoms with E-state index < -0.39 is 0 Å². The standard InChI is InChI=1S/C14H14ClNO3/c1-19-14-6-10(3-5-12(14)15)16-8-9-2-4-11(17)7-13(9)18/h2-7,16-18H,8H2,1H3. The van der Waals surface area contributed by atoms with Gasteiger partial charge in [-0.05, 0) is 24.3 Å². The fourth-order valence-corrected chi connectivity index (χ4v) is 1.86. The maximum Gasteiger partial charge on any atom is 0.139 e. The maximum atomic E-state index is 9.67. The van der Waals surface area contributed by atoms with Crippen LogP contribution in [0.2, 0.25) is 5.02 Å². The van der Waals surface area contributed by atoms with E-state index in [1.165, 1.54) is 12.1 Å². The first-order valence-electron chi connectivity index (χ1n) is 5.68. The molecule has 0 atom stereocenters. The zero-order valence-electron chi connectivity index (χ0n) is 10.4. The molecule has 19 heavy (non-hydrogen) atoms. The van der Waals surface area contributed by atoms with Gasteiger partial charge in [-0.3, -0.25) is 0 Å². The van der Waals surface area contributed by atoms with Gasteiger partial charge in [-0.15, -0.1) is 0 Å². The van der Waals surface area contributed by atoms with Crippen LogP contribution < -0.4 is 10.1 Å². The van der Waals surface area contributed by atoms with Crippen LogP contribution in [-0.2, 0) is 6.54 Å². The zero-order chi connectivity index (χ0) is 13.8. The molecule has 0 bridgehead atoms. The van der Waals surface area contributed by atoms with Crippen LogP contribution in [0, 0.1) is 0 Å². The number of halogens is 1. The highest BCUT2D eigenvalue weighted by Crippen LogP contribution is 2.28.